The minimum absolute atomic E-state index is 0.180. The Morgan fingerprint density at radius 3 is 2.39 bits per heavy atom. The second-order valence-electron chi connectivity index (χ2n) is 4.93. The van der Waals surface area contributed by atoms with E-state index in [1.807, 2.05) is 24.3 Å². The van der Waals surface area contributed by atoms with Gasteiger partial charge >= 0.3 is 6.09 Å². The predicted octanol–water partition coefficient (Wildman–Crippen LogP) is 3.01. The number of alkyl carbamates (subject to hydrolysis) is 1. The Bertz CT molecular complexity index is 398. The fraction of sp³-hybridized carbons (Fsp3) is 0.462. The van der Waals surface area contributed by atoms with Gasteiger partial charge in [0.05, 0.1) is 12.6 Å². The molecule has 0 aliphatic heterocycles. The number of carbonyl (C=O) groups excluding carboxylic acids is 1. The van der Waals surface area contributed by atoms with E-state index in [1.165, 1.54) is 0 Å². The fourth-order valence-corrected chi connectivity index (χ4v) is 1.64. The molecular weight excluding hydrogens is 298 g/mol. The molecule has 1 atom stereocenters. The lowest BCUT2D eigenvalue weighted by molar-refractivity contribution is 0.0482. The second kappa shape index (κ2) is 6.20. The average Bonchev–Trinajstić information content (AvgIpc) is 2.25. The molecule has 0 aliphatic rings. The Kier molecular flexibility index (Phi) is 5.16. The molecule has 2 N–H and O–H groups in total. The Labute approximate surface area is 115 Å². The van der Waals surface area contributed by atoms with Crippen LogP contribution in [0.25, 0.3) is 0 Å². The van der Waals surface area contributed by atoms with Gasteiger partial charge in [0.2, 0.25) is 0 Å². The van der Waals surface area contributed by atoms with E-state index in [1.54, 1.807) is 20.8 Å². The van der Waals surface area contributed by atoms with Crippen LogP contribution in [-0.4, -0.2) is 23.4 Å². The van der Waals surface area contributed by atoms with E-state index in [-0.39, 0.29) is 6.61 Å². The van der Waals surface area contributed by atoms with Gasteiger partial charge in [-0.05, 0) is 38.5 Å². The normalized spacial score (nSPS) is 12.9. The third-order valence-corrected chi connectivity index (χ3v) is 2.67. The van der Waals surface area contributed by atoms with Gasteiger partial charge in [-0.1, -0.05) is 28.1 Å². The second-order valence-corrected chi connectivity index (χ2v) is 5.85. The molecule has 1 rings (SSSR count). The van der Waals surface area contributed by atoms with Crippen molar-refractivity contribution in [3.63, 3.8) is 0 Å². The summed E-state index contributed by atoms with van der Waals surface area (Å²) in [6, 6.07) is 6.92. The van der Waals surface area contributed by atoms with Crippen LogP contribution < -0.4 is 5.32 Å². The summed E-state index contributed by atoms with van der Waals surface area (Å²) in [5.74, 6) is 0. The molecule has 0 spiro atoms. The zero-order chi connectivity index (χ0) is 13.8. The van der Waals surface area contributed by atoms with Gasteiger partial charge in [0.15, 0.2) is 0 Å². The summed E-state index contributed by atoms with van der Waals surface area (Å²) >= 11 is 3.33. The van der Waals surface area contributed by atoms with Crippen molar-refractivity contribution in [3.05, 3.63) is 34.3 Å². The molecule has 0 aliphatic carbocycles. The first-order valence-corrected chi connectivity index (χ1v) is 6.47. The van der Waals surface area contributed by atoms with E-state index < -0.39 is 17.7 Å². The highest BCUT2D eigenvalue weighted by Crippen LogP contribution is 2.17. The monoisotopic (exact) mass is 315 g/mol. The molecule has 18 heavy (non-hydrogen) atoms. The van der Waals surface area contributed by atoms with E-state index in [4.69, 9.17) is 4.74 Å². The molecule has 0 saturated heterocycles. The first-order chi connectivity index (χ1) is 8.31. The molecular formula is C13H18BrNO3. The number of amides is 1. The number of nitrogens with one attached hydrogen (secondary N) is 1. The van der Waals surface area contributed by atoms with Gasteiger partial charge in [-0.3, -0.25) is 0 Å². The smallest absolute Gasteiger partial charge is 0.408 e. The molecule has 0 aromatic heterocycles. The summed E-state index contributed by atoms with van der Waals surface area (Å²) in [6.07, 6.45) is -0.538. The van der Waals surface area contributed by atoms with Gasteiger partial charge in [0.25, 0.3) is 0 Å². The number of rotatable bonds is 3. The van der Waals surface area contributed by atoms with Crippen LogP contribution in [0.4, 0.5) is 4.79 Å². The highest BCUT2D eigenvalue weighted by Gasteiger charge is 2.19. The minimum atomic E-state index is -0.552. The third-order valence-electron chi connectivity index (χ3n) is 2.15. The molecule has 4 nitrogen and oxygen atoms in total. The maximum atomic E-state index is 11.6. The number of ether oxygens (including phenoxy) is 1. The molecule has 1 aromatic carbocycles. The Morgan fingerprint density at radius 1 is 1.39 bits per heavy atom. The number of benzene rings is 1. The van der Waals surface area contributed by atoms with Crippen LogP contribution in [0.15, 0.2) is 28.7 Å². The van der Waals surface area contributed by atoms with Gasteiger partial charge in [-0.15, -0.1) is 0 Å². The van der Waals surface area contributed by atoms with Crippen molar-refractivity contribution >= 4 is 22.0 Å². The molecule has 5 heteroatoms. The summed E-state index contributed by atoms with van der Waals surface area (Å²) < 4.78 is 6.09. The Morgan fingerprint density at radius 2 is 1.94 bits per heavy atom. The van der Waals surface area contributed by atoms with Crippen LogP contribution in [0.2, 0.25) is 0 Å². The van der Waals surface area contributed by atoms with Crippen LogP contribution in [-0.2, 0) is 4.74 Å². The number of aliphatic hydroxyl groups is 1. The Hall–Kier alpha value is -1.07. The van der Waals surface area contributed by atoms with Crippen molar-refractivity contribution in [2.75, 3.05) is 6.61 Å². The van der Waals surface area contributed by atoms with Crippen molar-refractivity contribution in [1.82, 2.24) is 5.32 Å². The van der Waals surface area contributed by atoms with Gasteiger partial charge < -0.3 is 15.2 Å². The van der Waals surface area contributed by atoms with Gasteiger partial charge in [0.1, 0.15) is 5.60 Å². The number of hydrogen-bond acceptors (Lipinski definition) is 3. The fourth-order valence-electron chi connectivity index (χ4n) is 1.38. The topological polar surface area (TPSA) is 58.6 Å². The number of aliphatic hydroxyl groups excluding tert-OH is 1. The summed E-state index contributed by atoms with van der Waals surface area (Å²) in [4.78, 5) is 11.6. The molecule has 1 aromatic rings. The highest BCUT2D eigenvalue weighted by atomic mass is 79.9. The first-order valence-electron chi connectivity index (χ1n) is 5.67. The van der Waals surface area contributed by atoms with Crippen LogP contribution in [0, 0.1) is 0 Å². The lowest BCUT2D eigenvalue weighted by atomic mass is 10.1. The average molecular weight is 316 g/mol. The van der Waals surface area contributed by atoms with Crippen molar-refractivity contribution in [2.24, 2.45) is 0 Å². The minimum Gasteiger partial charge on any atom is -0.444 e. The van der Waals surface area contributed by atoms with Crippen LogP contribution in [0.3, 0.4) is 0 Å². The lowest BCUT2D eigenvalue weighted by Gasteiger charge is -2.23. The molecule has 100 valence electrons. The maximum Gasteiger partial charge on any atom is 0.408 e. The lowest BCUT2D eigenvalue weighted by Crippen LogP contribution is -2.36. The number of hydrogen-bond donors (Lipinski definition) is 2. The third kappa shape index (κ3) is 5.06. The van der Waals surface area contributed by atoms with Gasteiger partial charge in [0, 0.05) is 4.47 Å². The van der Waals surface area contributed by atoms with E-state index >= 15 is 0 Å². The van der Waals surface area contributed by atoms with E-state index in [9.17, 15) is 9.90 Å². The van der Waals surface area contributed by atoms with Crippen molar-refractivity contribution < 1.29 is 14.6 Å². The molecule has 0 radical (unpaired) electrons. The zero-order valence-corrected chi connectivity index (χ0v) is 12.3. The van der Waals surface area contributed by atoms with Crippen molar-refractivity contribution in [3.8, 4) is 0 Å². The van der Waals surface area contributed by atoms with E-state index in [0.717, 1.165) is 10.0 Å². The maximum absolute atomic E-state index is 11.6. The molecule has 0 heterocycles. The van der Waals surface area contributed by atoms with Crippen LogP contribution in [0.1, 0.15) is 32.4 Å². The van der Waals surface area contributed by atoms with Crippen molar-refractivity contribution in [2.45, 2.75) is 32.4 Å². The van der Waals surface area contributed by atoms with E-state index in [0.29, 0.717) is 0 Å². The number of halogens is 1. The van der Waals surface area contributed by atoms with E-state index in [2.05, 4.69) is 21.2 Å². The van der Waals surface area contributed by atoms with Gasteiger partial charge in [-0.25, -0.2) is 4.79 Å². The summed E-state index contributed by atoms with van der Waals surface area (Å²) in [7, 11) is 0. The van der Waals surface area contributed by atoms with Gasteiger partial charge in [-0.2, -0.15) is 0 Å². The van der Waals surface area contributed by atoms with Crippen molar-refractivity contribution in [1.29, 1.82) is 0 Å². The SMILES string of the molecule is CC(C)(C)OC(=O)N[C@@H](CO)c1ccc(Br)cc1. The molecule has 0 fully saturated rings. The molecule has 0 saturated carbocycles. The predicted molar refractivity (Wildman–Crippen MR) is 73.3 cm³/mol. The molecule has 1 amide bonds. The largest absolute Gasteiger partial charge is 0.444 e. The summed E-state index contributed by atoms with van der Waals surface area (Å²) in [5.41, 5.74) is 0.274. The summed E-state index contributed by atoms with van der Waals surface area (Å²) in [6.45, 7) is 5.20. The van der Waals surface area contributed by atoms with Crippen LogP contribution >= 0.6 is 15.9 Å². The standard InChI is InChI=1S/C13H18BrNO3/c1-13(2,3)18-12(17)15-11(8-16)9-4-6-10(14)7-5-9/h4-7,11,16H,8H2,1-3H3,(H,15,17)/t11-/m0/s1. The molecule has 0 unspecified atom stereocenters. The van der Waals surface area contributed by atoms with Crippen LogP contribution in [0.5, 0.6) is 0 Å². The number of carbonyl (C=O) groups is 1. The Balaban J connectivity index is 2.68. The quantitative estimate of drug-likeness (QED) is 0.901. The molecule has 0 bridgehead atoms. The zero-order valence-electron chi connectivity index (χ0n) is 10.7. The highest BCUT2D eigenvalue weighted by molar-refractivity contribution is 9.10. The first kappa shape index (κ1) is 15.0. The summed E-state index contributed by atoms with van der Waals surface area (Å²) in [5, 5.41) is 11.9.